The largest absolute Gasteiger partial charge is 0.493 e. The second kappa shape index (κ2) is 6.92. The Morgan fingerprint density at radius 2 is 1.93 bits per heavy atom. The number of aromatic amines is 1. The number of H-pyrrole nitrogens is 1. The van der Waals surface area contributed by atoms with Gasteiger partial charge in [0.15, 0.2) is 11.5 Å². The summed E-state index contributed by atoms with van der Waals surface area (Å²) in [7, 11) is 3.01. The van der Waals surface area contributed by atoms with E-state index < -0.39 is 0 Å². The summed E-state index contributed by atoms with van der Waals surface area (Å²) in [5.74, 6) is 0.867. The number of hydrogen-bond acceptors (Lipinski definition) is 5. The predicted molar refractivity (Wildman–Crippen MR) is 102 cm³/mol. The number of fused-ring (bicyclic) bond motifs is 3. The van der Waals surface area contributed by atoms with Gasteiger partial charge in [0.05, 0.1) is 25.2 Å². The molecular formula is C20H21N3O4. The van der Waals surface area contributed by atoms with E-state index >= 15 is 0 Å². The van der Waals surface area contributed by atoms with Gasteiger partial charge in [-0.05, 0) is 24.1 Å². The molecule has 3 aromatic rings. The van der Waals surface area contributed by atoms with Gasteiger partial charge in [0.2, 0.25) is 0 Å². The maximum atomic E-state index is 11.5. The molecule has 1 N–H and O–H groups in total. The fourth-order valence-corrected chi connectivity index (χ4v) is 3.83. The molecule has 0 bridgehead atoms. The van der Waals surface area contributed by atoms with Crippen molar-refractivity contribution in [1.29, 1.82) is 0 Å². The molecule has 0 unspecified atom stereocenters. The highest BCUT2D eigenvalue weighted by Crippen LogP contribution is 2.36. The molecule has 0 spiro atoms. The van der Waals surface area contributed by atoms with E-state index in [4.69, 9.17) is 9.47 Å². The molecule has 0 atom stereocenters. The van der Waals surface area contributed by atoms with Crippen LogP contribution in [0.2, 0.25) is 0 Å². The molecule has 0 fully saturated rings. The first kappa shape index (κ1) is 17.4. The maximum Gasteiger partial charge on any atom is 0.277 e. The number of ether oxygens (including phenoxy) is 2. The number of rotatable bonds is 5. The van der Waals surface area contributed by atoms with Crippen LogP contribution >= 0.6 is 0 Å². The van der Waals surface area contributed by atoms with Crippen LogP contribution in [0.25, 0.3) is 10.9 Å². The van der Waals surface area contributed by atoms with Gasteiger partial charge in [-0.2, -0.15) is 0 Å². The minimum atomic E-state index is -0.365. The Morgan fingerprint density at radius 1 is 1.19 bits per heavy atom. The van der Waals surface area contributed by atoms with Crippen molar-refractivity contribution in [2.45, 2.75) is 19.5 Å². The van der Waals surface area contributed by atoms with E-state index in [1.54, 1.807) is 6.07 Å². The lowest BCUT2D eigenvalue weighted by atomic mass is 10.0. The number of nitro benzene ring substituents is 1. The van der Waals surface area contributed by atoms with Gasteiger partial charge in [0.1, 0.15) is 0 Å². The molecule has 0 saturated carbocycles. The van der Waals surface area contributed by atoms with Crippen LogP contribution in [0.4, 0.5) is 5.69 Å². The average Bonchev–Trinajstić information content (AvgIpc) is 3.05. The summed E-state index contributed by atoms with van der Waals surface area (Å²) in [4.78, 5) is 16.9. The number of nitrogens with zero attached hydrogens (tertiary/aromatic N) is 2. The second-order valence-corrected chi connectivity index (χ2v) is 6.68. The van der Waals surface area contributed by atoms with Crippen LogP contribution in [-0.4, -0.2) is 35.6 Å². The summed E-state index contributed by atoms with van der Waals surface area (Å²) in [5, 5.41) is 12.8. The van der Waals surface area contributed by atoms with Crippen LogP contribution in [0, 0.1) is 10.1 Å². The van der Waals surface area contributed by atoms with Crippen molar-refractivity contribution in [3.05, 3.63) is 63.3 Å². The molecule has 1 aliphatic rings. The van der Waals surface area contributed by atoms with Crippen molar-refractivity contribution in [3.8, 4) is 11.5 Å². The third-order valence-electron chi connectivity index (χ3n) is 5.14. The zero-order chi connectivity index (χ0) is 19.0. The number of para-hydroxylation sites is 1. The third-order valence-corrected chi connectivity index (χ3v) is 5.14. The van der Waals surface area contributed by atoms with Crippen LogP contribution < -0.4 is 9.47 Å². The third kappa shape index (κ3) is 3.10. The molecule has 140 valence electrons. The first-order valence-electron chi connectivity index (χ1n) is 8.80. The van der Waals surface area contributed by atoms with E-state index in [2.05, 4.69) is 28.1 Å². The van der Waals surface area contributed by atoms with Crippen LogP contribution in [0.5, 0.6) is 11.5 Å². The van der Waals surface area contributed by atoms with Crippen molar-refractivity contribution in [1.82, 2.24) is 9.88 Å². The van der Waals surface area contributed by atoms with E-state index in [-0.39, 0.29) is 10.6 Å². The number of aromatic nitrogens is 1. The Hall–Kier alpha value is -3.06. The van der Waals surface area contributed by atoms with E-state index in [1.807, 2.05) is 6.07 Å². The maximum absolute atomic E-state index is 11.5. The lowest BCUT2D eigenvalue weighted by Gasteiger charge is -2.27. The monoisotopic (exact) mass is 367 g/mol. The van der Waals surface area contributed by atoms with Crippen molar-refractivity contribution >= 4 is 16.6 Å². The molecule has 0 amide bonds. The van der Waals surface area contributed by atoms with Gasteiger partial charge in [-0.1, -0.05) is 18.2 Å². The molecule has 1 aliphatic heterocycles. The zero-order valence-electron chi connectivity index (χ0n) is 15.3. The molecule has 1 aromatic heterocycles. The smallest absolute Gasteiger partial charge is 0.277 e. The highest BCUT2D eigenvalue weighted by Gasteiger charge is 2.25. The number of nitro groups is 1. The number of hydrogen-bond donors (Lipinski definition) is 1. The Balaban J connectivity index is 1.64. The summed E-state index contributed by atoms with van der Waals surface area (Å²) < 4.78 is 10.5. The predicted octanol–water partition coefficient (Wildman–Crippen LogP) is 3.65. The van der Waals surface area contributed by atoms with E-state index in [0.29, 0.717) is 23.6 Å². The molecule has 7 heteroatoms. The first-order valence-corrected chi connectivity index (χ1v) is 8.80. The van der Waals surface area contributed by atoms with Gasteiger partial charge in [-0.25, -0.2) is 0 Å². The molecule has 0 saturated heterocycles. The van der Waals surface area contributed by atoms with Gasteiger partial charge in [0.25, 0.3) is 5.69 Å². The van der Waals surface area contributed by atoms with Crippen LogP contribution in [0.15, 0.2) is 36.4 Å². The minimum absolute atomic E-state index is 0.0510. The summed E-state index contributed by atoms with van der Waals surface area (Å²) >= 11 is 0. The van der Waals surface area contributed by atoms with Crippen LogP contribution in [0.3, 0.4) is 0 Å². The number of nitrogens with one attached hydrogen (secondary N) is 1. The van der Waals surface area contributed by atoms with Gasteiger partial charge in [0, 0.05) is 41.8 Å². The normalized spacial score (nSPS) is 14.1. The Morgan fingerprint density at radius 3 is 2.67 bits per heavy atom. The standard InChI is InChI=1S/C20H21N3O4/c1-26-19-9-13(18(23(24)25)10-20(19)27-2)11-22-8-7-15-14-5-3-4-6-16(14)21-17(15)12-22/h3-6,9-10,21H,7-8,11-12H2,1-2H3. The highest BCUT2D eigenvalue weighted by atomic mass is 16.6. The lowest BCUT2D eigenvalue weighted by molar-refractivity contribution is -0.385. The van der Waals surface area contributed by atoms with Crippen molar-refractivity contribution < 1.29 is 14.4 Å². The topological polar surface area (TPSA) is 80.6 Å². The van der Waals surface area contributed by atoms with Gasteiger partial charge < -0.3 is 14.5 Å². The molecule has 2 heterocycles. The Labute approximate surface area is 156 Å². The minimum Gasteiger partial charge on any atom is -0.493 e. The molecule has 2 aromatic carbocycles. The van der Waals surface area contributed by atoms with Gasteiger partial charge in [-0.15, -0.1) is 0 Å². The van der Waals surface area contributed by atoms with E-state index in [9.17, 15) is 10.1 Å². The van der Waals surface area contributed by atoms with Crippen LogP contribution in [0.1, 0.15) is 16.8 Å². The fourth-order valence-electron chi connectivity index (χ4n) is 3.83. The molecule has 27 heavy (non-hydrogen) atoms. The average molecular weight is 367 g/mol. The summed E-state index contributed by atoms with van der Waals surface area (Å²) in [6.45, 7) is 2.06. The number of methoxy groups -OCH3 is 2. The van der Waals surface area contributed by atoms with Gasteiger partial charge >= 0.3 is 0 Å². The summed E-state index contributed by atoms with van der Waals surface area (Å²) in [6, 6.07) is 11.4. The molecule has 4 rings (SSSR count). The second-order valence-electron chi connectivity index (χ2n) is 6.68. The van der Waals surface area contributed by atoms with E-state index in [1.165, 1.54) is 36.9 Å². The summed E-state index contributed by atoms with van der Waals surface area (Å²) in [5.41, 5.74) is 4.35. The summed E-state index contributed by atoms with van der Waals surface area (Å²) in [6.07, 6.45) is 0.917. The molecule has 0 aliphatic carbocycles. The zero-order valence-corrected chi connectivity index (χ0v) is 15.3. The Bertz CT molecular complexity index is 1010. The lowest BCUT2D eigenvalue weighted by Crippen LogP contribution is -2.30. The van der Waals surface area contributed by atoms with Crippen molar-refractivity contribution in [2.75, 3.05) is 20.8 Å². The quantitative estimate of drug-likeness (QED) is 0.550. The van der Waals surface area contributed by atoms with Crippen LogP contribution in [-0.2, 0) is 19.5 Å². The Kier molecular flexibility index (Phi) is 4.45. The molecule has 7 nitrogen and oxygen atoms in total. The fraction of sp³-hybridized carbons (Fsp3) is 0.300. The molecule has 0 radical (unpaired) electrons. The highest BCUT2D eigenvalue weighted by molar-refractivity contribution is 5.84. The first-order chi connectivity index (χ1) is 13.1. The van der Waals surface area contributed by atoms with Crippen molar-refractivity contribution in [2.24, 2.45) is 0 Å². The van der Waals surface area contributed by atoms with Crippen molar-refractivity contribution in [3.63, 3.8) is 0 Å². The van der Waals surface area contributed by atoms with Gasteiger partial charge in [-0.3, -0.25) is 15.0 Å². The van der Waals surface area contributed by atoms with E-state index in [0.717, 1.165) is 25.0 Å². The molecular weight excluding hydrogens is 346 g/mol. The SMILES string of the molecule is COc1cc(CN2CCc3c([nH]c4ccccc34)C2)c([N+](=O)[O-])cc1OC. The number of benzene rings is 2.